The Morgan fingerprint density at radius 2 is 1.84 bits per heavy atom. The third-order valence-electron chi connectivity index (χ3n) is 3.58. The van der Waals surface area contributed by atoms with Gasteiger partial charge in [0.15, 0.2) is 0 Å². The van der Waals surface area contributed by atoms with Crippen molar-refractivity contribution in [3.63, 3.8) is 0 Å². The van der Waals surface area contributed by atoms with Crippen LogP contribution in [0.3, 0.4) is 0 Å². The summed E-state index contributed by atoms with van der Waals surface area (Å²) in [7, 11) is -3.86. The molecule has 1 N–H and O–H groups in total. The molecular formula is C18H13FN2O2S2. The van der Waals surface area contributed by atoms with Gasteiger partial charge < -0.3 is 0 Å². The van der Waals surface area contributed by atoms with E-state index < -0.39 is 21.9 Å². The average Bonchev–Trinajstić information content (AvgIpc) is 3.15. The fraction of sp³-hybridized carbons (Fsp3) is 0.0556. The number of thiophene rings is 1. The maximum absolute atomic E-state index is 13.2. The molecule has 2 aromatic carbocycles. The molecular weight excluding hydrogens is 359 g/mol. The Hall–Kier alpha value is -2.53. The number of nitrogens with zero attached hydrogens (tertiary/aromatic N) is 1. The molecule has 0 saturated carbocycles. The minimum atomic E-state index is -3.86. The molecule has 1 aromatic heterocycles. The maximum atomic E-state index is 13.2. The van der Waals surface area contributed by atoms with Crippen LogP contribution in [0, 0.1) is 17.1 Å². The normalized spacial score (nSPS) is 12.5. The summed E-state index contributed by atoms with van der Waals surface area (Å²) in [4.78, 5) is 0.793. The molecule has 1 heterocycles. The van der Waals surface area contributed by atoms with E-state index in [9.17, 15) is 12.8 Å². The summed E-state index contributed by atoms with van der Waals surface area (Å²) >= 11 is 1.40. The number of benzene rings is 2. The lowest BCUT2D eigenvalue weighted by atomic mass is 10.1. The molecule has 3 rings (SSSR count). The molecule has 0 unspecified atom stereocenters. The van der Waals surface area contributed by atoms with E-state index in [0.29, 0.717) is 5.56 Å². The van der Waals surface area contributed by atoms with E-state index in [0.717, 1.165) is 4.88 Å². The summed E-state index contributed by atoms with van der Waals surface area (Å²) in [6.45, 7) is 0. The molecule has 0 radical (unpaired) electrons. The minimum absolute atomic E-state index is 0.00946. The van der Waals surface area contributed by atoms with Gasteiger partial charge in [0, 0.05) is 4.88 Å². The number of halogens is 1. The first-order valence-electron chi connectivity index (χ1n) is 7.31. The zero-order valence-electron chi connectivity index (χ0n) is 12.9. The summed E-state index contributed by atoms with van der Waals surface area (Å²) in [6.07, 6.45) is 0. The molecule has 4 nitrogen and oxygen atoms in total. The fourth-order valence-corrected chi connectivity index (χ4v) is 4.48. The van der Waals surface area contributed by atoms with Gasteiger partial charge in [-0.2, -0.15) is 9.98 Å². The van der Waals surface area contributed by atoms with Crippen LogP contribution < -0.4 is 4.72 Å². The highest BCUT2D eigenvalue weighted by Crippen LogP contribution is 2.28. The first-order valence-corrected chi connectivity index (χ1v) is 9.67. The van der Waals surface area contributed by atoms with Crippen LogP contribution in [0.4, 0.5) is 4.39 Å². The van der Waals surface area contributed by atoms with Crippen molar-refractivity contribution in [2.24, 2.45) is 0 Å². The summed E-state index contributed by atoms with van der Waals surface area (Å²) < 4.78 is 41.4. The zero-order valence-corrected chi connectivity index (χ0v) is 14.5. The number of rotatable bonds is 5. The number of hydrogen-bond donors (Lipinski definition) is 1. The van der Waals surface area contributed by atoms with E-state index >= 15 is 0 Å². The van der Waals surface area contributed by atoms with Gasteiger partial charge in [-0.05, 0) is 47.3 Å². The predicted octanol–water partition coefficient (Wildman–Crippen LogP) is 3.83. The van der Waals surface area contributed by atoms with Crippen LogP contribution in [0.15, 0.2) is 70.9 Å². The second-order valence-electron chi connectivity index (χ2n) is 5.26. The largest absolute Gasteiger partial charge is 0.241 e. The van der Waals surface area contributed by atoms with Crippen molar-refractivity contribution in [3.05, 3.63) is 87.9 Å². The SMILES string of the molecule is N#Cc1cccc(S(=O)(=O)N[C@@H](c2ccc(F)cc2)c2cccs2)c1. The van der Waals surface area contributed by atoms with Crippen molar-refractivity contribution < 1.29 is 12.8 Å². The van der Waals surface area contributed by atoms with E-state index in [2.05, 4.69) is 4.72 Å². The van der Waals surface area contributed by atoms with Gasteiger partial charge in [0.25, 0.3) is 0 Å². The lowest BCUT2D eigenvalue weighted by Gasteiger charge is -2.18. The van der Waals surface area contributed by atoms with Crippen LogP contribution in [-0.4, -0.2) is 8.42 Å². The van der Waals surface area contributed by atoms with Crippen molar-refractivity contribution in [2.75, 3.05) is 0 Å². The van der Waals surface area contributed by atoms with Gasteiger partial charge in [-0.1, -0.05) is 24.3 Å². The Morgan fingerprint density at radius 3 is 2.48 bits per heavy atom. The Kier molecular flexibility index (Phi) is 4.95. The highest BCUT2D eigenvalue weighted by Gasteiger charge is 2.24. The summed E-state index contributed by atoms with van der Waals surface area (Å²) in [6, 6.07) is 16.4. The monoisotopic (exact) mass is 372 g/mol. The molecule has 0 fully saturated rings. The highest BCUT2D eigenvalue weighted by molar-refractivity contribution is 7.89. The van der Waals surface area contributed by atoms with E-state index in [1.165, 1.54) is 47.7 Å². The first kappa shape index (κ1) is 17.3. The highest BCUT2D eigenvalue weighted by atomic mass is 32.2. The molecule has 25 heavy (non-hydrogen) atoms. The third-order valence-corrected chi connectivity index (χ3v) is 5.94. The van der Waals surface area contributed by atoms with Gasteiger partial charge in [-0.3, -0.25) is 0 Å². The summed E-state index contributed by atoms with van der Waals surface area (Å²) in [5.74, 6) is -0.391. The molecule has 0 bridgehead atoms. The fourth-order valence-electron chi connectivity index (χ4n) is 2.36. The van der Waals surface area contributed by atoms with E-state index in [-0.39, 0.29) is 10.5 Å². The summed E-state index contributed by atoms with van der Waals surface area (Å²) in [5.41, 5.74) is 0.890. The number of nitriles is 1. The Bertz CT molecular complexity index is 1010. The second kappa shape index (κ2) is 7.15. The van der Waals surface area contributed by atoms with E-state index in [1.54, 1.807) is 12.1 Å². The molecule has 0 aliphatic carbocycles. The van der Waals surface area contributed by atoms with Gasteiger partial charge in [0.1, 0.15) is 5.82 Å². The summed E-state index contributed by atoms with van der Waals surface area (Å²) in [5, 5.41) is 10.8. The number of hydrogen-bond acceptors (Lipinski definition) is 4. The smallest absolute Gasteiger partial charge is 0.207 e. The Morgan fingerprint density at radius 1 is 1.08 bits per heavy atom. The van der Waals surface area contributed by atoms with Crippen molar-refractivity contribution >= 4 is 21.4 Å². The Balaban J connectivity index is 2.00. The standard InChI is InChI=1S/C18H13FN2O2S2/c19-15-8-6-14(7-9-15)18(17-5-2-10-24-17)21-25(22,23)16-4-1-3-13(11-16)12-20/h1-11,18,21H/t18-/m0/s1. The van der Waals surface area contributed by atoms with E-state index in [4.69, 9.17) is 5.26 Å². The van der Waals surface area contributed by atoms with Gasteiger partial charge in [-0.15, -0.1) is 11.3 Å². The third kappa shape index (κ3) is 3.94. The van der Waals surface area contributed by atoms with Crippen LogP contribution in [0.1, 0.15) is 22.0 Å². The lowest BCUT2D eigenvalue weighted by Crippen LogP contribution is -2.29. The van der Waals surface area contributed by atoms with Gasteiger partial charge in [0.2, 0.25) is 10.0 Å². The topological polar surface area (TPSA) is 70.0 Å². The van der Waals surface area contributed by atoms with Crippen LogP contribution in [0.25, 0.3) is 0 Å². The molecule has 3 aromatic rings. The van der Waals surface area contributed by atoms with E-state index in [1.807, 2.05) is 23.6 Å². The molecule has 0 saturated heterocycles. The molecule has 0 aliphatic heterocycles. The Labute approximate surface area is 149 Å². The van der Waals surface area contributed by atoms with Crippen LogP contribution in [0.5, 0.6) is 0 Å². The van der Waals surface area contributed by atoms with Crippen molar-refractivity contribution in [3.8, 4) is 6.07 Å². The van der Waals surface area contributed by atoms with Crippen molar-refractivity contribution in [2.45, 2.75) is 10.9 Å². The minimum Gasteiger partial charge on any atom is -0.207 e. The lowest BCUT2D eigenvalue weighted by molar-refractivity contribution is 0.573. The predicted molar refractivity (Wildman–Crippen MR) is 94.0 cm³/mol. The molecule has 0 spiro atoms. The molecule has 0 amide bonds. The first-order chi connectivity index (χ1) is 12.0. The molecule has 126 valence electrons. The maximum Gasteiger partial charge on any atom is 0.241 e. The average molecular weight is 372 g/mol. The second-order valence-corrected chi connectivity index (χ2v) is 7.95. The molecule has 1 atom stereocenters. The molecule has 0 aliphatic rings. The van der Waals surface area contributed by atoms with Crippen LogP contribution in [0.2, 0.25) is 0 Å². The van der Waals surface area contributed by atoms with Crippen molar-refractivity contribution in [1.29, 1.82) is 5.26 Å². The molecule has 7 heteroatoms. The van der Waals surface area contributed by atoms with Crippen LogP contribution >= 0.6 is 11.3 Å². The quantitative estimate of drug-likeness (QED) is 0.740. The van der Waals surface area contributed by atoms with Crippen LogP contribution in [-0.2, 0) is 10.0 Å². The van der Waals surface area contributed by atoms with Gasteiger partial charge in [0.05, 0.1) is 22.6 Å². The van der Waals surface area contributed by atoms with Gasteiger partial charge in [-0.25, -0.2) is 12.8 Å². The number of nitrogens with one attached hydrogen (secondary N) is 1. The zero-order chi connectivity index (χ0) is 17.9. The van der Waals surface area contributed by atoms with Crippen molar-refractivity contribution in [1.82, 2.24) is 4.72 Å². The van der Waals surface area contributed by atoms with Gasteiger partial charge >= 0.3 is 0 Å². The number of sulfonamides is 1.